The number of anilines is 2. The lowest BCUT2D eigenvalue weighted by Gasteiger charge is -2.10. The van der Waals surface area contributed by atoms with Crippen LogP contribution in [0.5, 0.6) is 0 Å². The molecule has 30 heavy (non-hydrogen) atoms. The average molecular weight is 423 g/mol. The van der Waals surface area contributed by atoms with Crippen molar-refractivity contribution in [2.75, 3.05) is 5.32 Å². The summed E-state index contributed by atoms with van der Waals surface area (Å²) in [5.74, 6) is -0.0775. The minimum Gasteiger partial charge on any atom is -0.324 e. The Bertz CT molecular complexity index is 1190. The standard InChI is InChI=1S/C19H11F6N5/c20-18(21,22)11-4-6-12(7-5-11)27-17-26-9-8-13(28-17)15-16(19(23,24)25)29-14-3-1-2-10-30(14)15/h1-10H,(H,26,27,28). The Hall–Kier alpha value is -3.63. The second-order valence-electron chi connectivity index (χ2n) is 6.20. The van der Waals surface area contributed by atoms with Crippen molar-refractivity contribution in [2.45, 2.75) is 12.4 Å². The summed E-state index contributed by atoms with van der Waals surface area (Å²) in [7, 11) is 0. The van der Waals surface area contributed by atoms with E-state index in [0.29, 0.717) is 0 Å². The average Bonchev–Trinajstić information content (AvgIpc) is 3.08. The van der Waals surface area contributed by atoms with Gasteiger partial charge in [-0.05, 0) is 42.5 Å². The molecule has 1 aromatic carbocycles. The first-order chi connectivity index (χ1) is 14.1. The fraction of sp³-hybridized carbons (Fsp3) is 0.105. The number of alkyl halides is 6. The van der Waals surface area contributed by atoms with Crippen LogP contribution < -0.4 is 5.32 Å². The lowest BCUT2D eigenvalue weighted by molar-refractivity contribution is -0.140. The minimum atomic E-state index is -4.71. The van der Waals surface area contributed by atoms with Gasteiger partial charge in [0, 0.05) is 18.1 Å². The molecule has 4 aromatic rings. The smallest absolute Gasteiger partial charge is 0.324 e. The molecule has 0 atom stereocenters. The van der Waals surface area contributed by atoms with Crippen molar-refractivity contribution in [3.8, 4) is 11.4 Å². The normalized spacial score (nSPS) is 12.3. The van der Waals surface area contributed by atoms with Gasteiger partial charge in [0.2, 0.25) is 5.95 Å². The predicted molar refractivity (Wildman–Crippen MR) is 95.9 cm³/mol. The van der Waals surface area contributed by atoms with Crippen molar-refractivity contribution in [2.24, 2.45) is 0 Å². The Morgan fingerprint density at radius 3 is 2.20 bits per heavy atom. The molecule has 0 fully saturated rings. The van der Waals surface area contributed by atoms with Gasteiger partial charge < -0.3 is 5.32 Å². The Labute approximate surface area is 165 Å². The maximum absolute atomic E-state index is 13.5. The molecule has 0 radical (unpaired) electrons. The second kappa shape index (κ2) is 7.01. The van der Waals surface area contributed by atoms with Crippen LogP contribution in [0.15, 0.2) is 60.9 Å². The zero-order chi connectivity index (χ0) is 21.5. The maximum atomic E-state index is 13.5. The van der Waals surface area contributed by atoms with E-state index in [0.717, 1.165) is 12.1 Å². The molecule has 3 aromatic heterocycles. The Morgan fingerprint density at radius 2 is 1.53 bits per heavy atom. The van der Waals surface area contributed by atoms with Crippen LogP contribution in [0.1, 0.15) is 11.3 Å². The highest BCUT2D eigenvalue weighted by atomic mass is 19.4. The number of rotatable bonds is 3. The molecule has 5 nitrogen and oxygen atoms in total. The first-order valence-electron chi connectivity index (χ1n) is 8.45. The van der Waals surface area contributed by atoms with Gasteiger partial charge in [-0.15, -0.1) is 0 Å². The predicted octanol–water partition coefficient (Wildman–Crippen LogP) is 5.57. The molecule has 1 N–H and O–H groups in total. The summed E-state index contributed by atoms with van der Waals surface area (Å²) in [6.45, 7) is 0. The molecule has 154 valence electrons. The van der Waals surface area contributed by atoms with Gasteiger partial charge >= 0.3 is 12.4 Å². The number of nitrogens with one attached hydrogen (secondary N) is 1. The third-order valence-corrected chi connectivity index (χ3v) is 4.17. The summed E-state index contributed by atoms with van der Waals surface area (Å²) in [6.07, 6.45) is -6.52. The number of hydrogen-bond donors (Lipinski definition) is 1. The van der Waals surface area contributed by atoms with Crippen molar-refractivity contribution in [3.63, 3.8) is 0 Å². The highest BCUT2D eigenvalue weighted by molar-refractivity contribution is 5.66. The summed E-state index contributed by atoms with van der Waals surface area (Å²) in [5, 5.41) is 2.69. The van der Waals surface area contributed by atoms with Gasteiger partial charge in [-0.2, -0.15) is 26.3 Å². The molecule has 0 saturated carbocycles. The van der Waals surface area contributed by atoms with Crippen LogP contribution in [0.2, 0.25) is 0 Å². The van der Waals surface area contributed by atoms with E-state index >= 15 is 0 Å². The van der Waals surface area contributed by atoms with Crippen molar-refractivity contribution >= 4 is 17.3 Å². The van der Waals surface area contributed by atoms with Crippen molar-refractivity contribution in [3.05, 3.63) is 72.2 Å². The quantitative estimate of drug-likeness (QED) is 0.438. The Balaban J connectivity index is 1.73. The third-order valence-electron chi connectivity index (χ3n) is 4.17. The van der Waals surface area contributed by atoms with E-state index in [-0.39, 0.29) is 28.7 Å². The molecule has 4 rings (SSSR count). The van der Waals surface area contributed by atoms with Gasteiger partial charge in [-0.3, -0.25) is 4.40 Å². The second-order valence-corrected chi connectivity index (χ2v) is 6.20. The fourth-order valence-corrected chi connectivity index (χ4v) is 2.86. The molecule has 0 unspecified atom stereocenters. The fourth-order valence-electron chi connectivity index (χ4n) is 2.86. The molecule has 3 heterocycles. The van der Waals surface area contributed by atoms with Crippen LogP contribution in [0.25, 0.3) is 17.0 Å². The van der Waals surface area contributed by atoms with Crippen LogP contribution >= 0.6 is 0 Å². The van der Waals surface area contributed by atoms with E-state index in [9.17, 15) is 26.3 Å². The van der Waals surface area contributed by atoms with E-state index in [2.05, 4.69) is 20.3 Å². The first kappa shape index (κ1) is 19.7. The highest BCUT2D eigenvalue weighted by Gasteiger charge is 2.38. The third kappa shape index (κ3) is 3.78. The molecule has 0 saturated heterocycles. The highest BCUT2D eigenvalue weighted by Crippen LogP contribution is 2.37. The molecule has 11 heteroatoms. The monoisotopic (exact) mass is 423 g/mol. The molecule has 0 aliphatic carbocycles. The molecule has 0 aliphatic rings. The van der Waals surface area contributed by atoms with Gasteiger partial charge in [0.15, 0.2) is 5.69 Å². The van der Waals surface area contributed by atoms with Gasteiger partial charge in [0.1, 0.15) is 11.3 Å². The van der Waals surface area contributed by atoms with Crippen molar-refractivity contribution in [1.82, 2.24) is 19.4 Å². The number of aromatic nitrogens is 4. The number of halogens is 6. The molecule has 0 aliphatic heterocycles. The summed E-state index contributed by atoms with van der Waals surface area (Å²) in [4.78, 5) is 11.7. The molecular formula is C19H11F6N5. The number of hydrogen-bond acceptors (Lipinski definition) is 4. The lowest BCUT2D eigenvalue weighted by Crippen LogP contribution is -2.09. The molecule has 0 bridgehead atoms. The number of fused-ring (bicyclic) bond motifs is 1. The van der Waals surface area contributed by atoms with Crippen LogP contribution in [0.3, 0.4) is 0 Å². The van der Waals surface area contributed by atoms with E-state index in [1.54, 1.807) is 12.1 Å². The number of nitrogens with zero attached hydrogens (tertiary/aromatic N) is 4. The summed E-state index contributed by atoms with van der Waals surface area (Å²) in [5.41, 5.74) is -1.91. The van der Waals surface area contributed by atoms with Gasteiger partial charge in [0.25, 0.3) is 0 Å². The first-order valence-corrected chi connectivity index (χ1v) is 8.45. The van der Waals surface area contributed by atoms with Crippen molar-refractivity contribution in [1.29, 1.82) is 0 Å². The van der Waals surface area contributed by atoms with E-state index in [4.69, 9.17) is 0 Å². The number of benzene rings is 1. The van der Waals surface area contributed by atoms with E-state index in [1.165, 1.54) is 41.1 Å². The van der Waals surface area contributed by atoms with Gasteiger partial charge in [0.05, 0.1) is 11.3 Å². The van der Waals surface area contributed by atoms with Crippen LogP contribution in [0, 0.1) is 0 Å². The van der Waals surface area contributed by atoms with Gasteiger partial charge in [-0.25, -0.2) is 15.0 Å². The molecule has 0 amide bonds. The summed E-state index contributed by atoms with van der Waals surface area (Å²) in [6, 6.07) is 9.94. The topological polar surface area (TPSA) is 55.1 Å². The Morgan fingerprint density at radius 1 is 0.800 bits per heavy atom. The van der Waals surface area contributed by atoms with Crippen LogP contribution in [0.4, 0.5) is 38.0 Å². The van der Waals surface area contributed by atoms with E-state index in [1.807, 2.05) is 0 Å². The lowest BCUT2D eigenvalue weighted by atomic mass is 10.2. The largest absolute Gasteiger partial charge is 0.435 e. The SMILES string of the molecule is FC(F)(F)c1ccc(Nc2nccc(-c3c(C(F)(F)F)nc4ccccn34)n2)cc1. The minimum absolute atomic E-state index is 0.0505. The number of pyridine rings is 1. The molecule has 0 spiro atoms. The molecular weight excluding hydrogens is 412 g/mol. The number of imidazole rings is 1. The summed E-state index contributed by atoms with van der Waals surface area (Å²) >= 11 is 0. The van der Waals surface area contributed by atoms with Crippen LogP contribution in [-0.4, -0.2) is 19.4 Å². The summed E-state index contributed by atoms with van der Waals surface area (Å²) < 4.78 is 79.9. The van der Waals surface area contributed by atoms with E-state index < -0.39 is 23.6 Å². The zero-order valence-corrected chi connectivity index (χ0v) is 14.8. The van der Waals surface area contributed by atoms with Crippen molar-refractivity contribution < 1.29 is 26.3 Å². The maximum Gasteiger partial charge on any atom is 0.435 e. The van der Waals surface area contributed by atoms with Crippen LogP contribution in [-0.2, 0) is 12.4 Å². The van der Waals surface area contributed by atoms with Gasteiger partial charge in [-0.1, -0.05) is 6.07 Å². The Kier molecular flexibility index (Phi) is 4.60. The zero-order valence-electron chi connectivity index (χ0n) is 14.8.